The molecule has 0 radical (unpaired) electrons. The number of carbonyl (C=O) groups excluding carboxylic acids is 2. The Morgan fingerprint density at radius 1 is 1.14 bits per heavy atom. The molecule has 1 aliphatic rings. The van der Waals surface area contributed by atoms with Crippen LogP contribution >= 0.6 is 0 Å². The molecule has 2 aromatic rings. The third-order valence-corrected chi connectivity index (χ3v) is 4.78. The lowest BCUT2D eigenvalue weighted by molar-refractivity contribution is -0.117. The molecule has 6 heteroatoms. The number of carbonyl (C=O) groups is 2. The van der Waals surface area contributed by atoms with Crippen molar-refractivity contribution in [2.75, 3.05) is 18.5 Å². The molecule has 0 bridgehead atoms. The summed E-state index contributed by atoms with van der Waals surface area (Å²) < 4.78 is 18.3. The number of unbranched alkanes of at least 4 members (excludes halogenated alkanes) is 1. The van der Waals surface area contributed by atoms with Crippen LogP contribution in [0, 0.1) is 17.7 Å². The summed E-state index contributed by atoms with van der Waals surface area (Å²) in [6.45, 7) is 3.09. The second-order valence-electron chi connectivity index (χ2n) is 7.15. The van der Waals surface area contributed by atoms with Crippen molar-refractivity contribution in [1.82, 2.24) is 5.32 Å². The van der Waals surface area contributed by atoms with E-state index in [0.29, 0.717) is 36.1 Å². The zero-order valence-electron chi connectivity index (χ0n) is 15.9. The molecule has 1 saturated carbocycles. The molecule has 2 N–H and O–H groups in total. The maximum atomic E-state index is 12.8. The summed E-state index contributed by atoms with van der Waals surface area (Å²) in [7, 11) is 0. The van der Waals surface area contributed by atoms with E-state index in [1.807, 2.05) is 0 Å². The van der Waals surface area contributed by atoms with Crippen LogP contribution < -0.4 is 15.4 Å². The highest BCUT2D eigenvalue weighted by Gasteiger charge is 2.39. The minimum atomic E-state index is -0.291. The molecule has 2 unspecified atom stereocenters. The largest absolute Gasteiger partial charge is 0.494 e. The van der Waals surface area contributed by atoms with Gasteiger partial charge in [-0.3, -0.25) is 9.59 Å². The third kappa shape index (κ3) is 5.81. The lowest BCUT2D eigenvalue weighted by atomic mass is 10.1. The molecular formula is C22H25FN2O3. The lowest BCUT2D eigenvalue weighted by Crippen LogP contribution is -2.25. The SMILES string of the molecule is CC1CC1C(=O)Nc1cccc(C(=O)NCCCCOc2ccc(F)cc2)c1. The fourth-order valence-corrected chi connectivity index (χ4v) is 2.91. The maximum absolute atomic E-state index is 12.8. The van der Waals surface area contributed by atoms with Gasteiger partial charge >= 0.3 is 0 Å². The van der Waals surface area contributed by atoms with Gasteiger partial charge in [-0.1, -0.05) is 13.0 Å². The van der Waals surface area contributed by atoms with Gasteiger partial charge < -0.3 is 15.4 Å². The summed E-state index contributed by atoms with van der Waals surface area (Å²) >= 11 is 0. The first kappa shape index (κ1) is 19.9. The molecule has 3 rings (SSSR count). The Morgan fingerprint density at radius 3 is 2.61 bits per heavy atom. The summed E-state index contributed by atoms with van der Waals surface area (Å²) in [6, 6.07) is 12.9. The first-order valence-electron chi connectivity index (χ1n) is 9.60. The molecule has 0 aromatic heterocycles. The standard InChI is InChI=1S/C22H25FN2O3/c1-15-13-20(15)22(27)25-18-6-4-5-16(14-18)21(26)24-11-2-3-12-28-19-9-7-17(23)8-10-19/h4-10,14-15,20H,2-3,11-13H2,1H3,(H,24,26)(H,25,27). The molecule has 0 heterocycles. The molecule has 148 valence electrons. The molecule has 1 aliphatic carbocycles. The number of hydrogen-bond donors (Lipinski definition) is 2. The Morgan fingerprint density at radius 2 is 1.89 bits per heavy atom. The highest BCUT2D eigenvalue weighted by Crippen LogP contribution is 2.38. The van der Waals surface area contributed by atoms with Crippen LogP contribution in [0.4, 0.5) is 10.1 Å². The fourth-order valence-electron chi connectivity index (χ4n) is 2.91. The Labute approximate surface area is 164 Å². The van der Waals surface area contributed by atoms with E-state index in [9.17, 15) is 14.0 Å². The van der Waals surface area contributed by atoms with E-state index in [2.05, 4.69) is 17.6 Å². The van der Waals surface area contributed by atoms with E-state index in [-0.39, 0.29) is 23.5 Å². The zero-order chi connectivity index (χ0) is 19.9. The number of amides is 2. The van der Waals surface area contributed by atoms with Gasteiger partial charge in [0.05, 0.1) is 6.61 Å². The fraction of sp³-hybridized carbons (Fsp3) is 0.364. The highest BCUT2D eigenvalue weighted by molar-refractivity contribution is 5.98. The van der Waals surface area contributed by atoms with Crippen LogP contribution in [-0.4, -0.2) is 25.0 Å². The van der Waals surface area contributed by atoms with Gasteiger partial charge in [0.2, 0.25) is 5.91 Å². The summed E-state index contributed by atoms with van der Waals surface area (Å²) in [6.07, 6.45) is 2.47. The maximum Gasteiger partial charge on any atom is 0.251 e. The van der Waals surface area contributed by atoms with E-state index in [0.717, 1.165) is 19.3 Å². The van der Waals surface area contributed by atoms with Crippen LogP contribution in [0.2, 0.25) is 0 Å². The van der Waals surface area contributed by atoms with Gasteiger partial charge in [0, 0.05) is 23.7 Å². The average Bonchev–Trinajstić information content (AvgIpc) is 3.43. The predicted molar refractivity (Wildman–Crippen MR) is 106 cm³/mol. The van der Waals surface area contributed by atoms with Gasteiger partial charge in [0.25, 0.3) is 5.91 Å². The first-order chi connectivity index (χ1) is 13.5. The van der Waals surface area contributed by atoms with E-state index >= 15 is 0 Å². The molecule has 0 aliphatic heterocycles. The third-order valence-electron chi connectivity index (χ3n) is 4.78. The van der Waals surface area contributed by atoms with Crippen LogP contribution in [0.1, 0.15) is 36.5 Å². The van der Waals surface area contributed by atoms with Crippen molar-refractivity contribution in [3.63, 3.8) is 0 Å². The Balaban J connectivity index is 1.35. The van der Waals surface area contributed by atoms with Crippen LogP contribution in [0.25, 0.3) is 0 Å². The Hall–Kier alpha value is -2.89. The van der Waals surface area contributed by atoms with E-state index in [4.69, 9.17) is 4.74 Å². The Bertz CT molecular complexity index is 823. The van der Waals surface area contributed by atoms with Crippen LogP contribution in [0.15, 0.2) is 48.5 Å². The predicted octanol–water partition coefficient (Wildman–Crippen LogP) is 4.01. The molecule has 5 nitrogen and oxygen atoms in total. The molecule has 28 heavy (non-hydrogen) atoms. The smallest absolute Gasteiger partial charge is 0.251 e. The number of nitrogens with one attached hydrogen (secondary N) is 2. The number of anilines is 1. The van der Waals surface area contributed by atoms with Crippen LogP contribution in [-0.2, 0) is 4.79 Å². The van der Waals surface area contributed by atoms with E-state index < -0.39 is 0 Å². The molecule has 2 atom stereocenters. The van der Waals surface area contributed by atoms with Gasteiger partial charge in [0.1, 0.15) is 11.6 Å². The number of rotatable bonds is 9. The van der Waals surface area contributed by atoms with Crippen molar-refractivity contribution in [3.8, 4) is 5.75 Å². The molecular weight excluding hydrogens is 359 g/mol. The minimum Gasteiger partial charge on any atom is -0.494 e. The van der Waals surface area contributed by atoms with Crippen molar-refractivity contribution in [3.05, 3.63) is 59.9 Å². The monoisotopic (exact) mass is 384 g/mol. The highest BCUT2D eigenvalue weighted by atomic mass is 19.1. The van der Waals surface area contributed by atoms with Crippen LogP contribution in [0.5, 0.6) is 5.75 Å². The van der Waals surface area contributed by atoms with E-state index in [1.54, 1.807) is 36.4 Å². The molecule has 0 spiro atoms. The van der Waals surface area contributed by atoms with Gasteiger partial charge in [-0.2, -0.15) is 0 Å². The van der Waals surface area contributed by atoms with Crippen molar-refractivity contribution in [1.29, 1.82) is 0 Å². The lowest BCUT2D eigenvalue weighted by Gasteiger charge is -2.09. The number of hydrogen-bond acceptors (Lipinski definition) is 3. The topological polar surface area (TPSA) is 67.4 Å². The molecule has 2 amide bonds. The zero-order valence-corrected chi connectivity index (χ0v) is 15.9. The summed E-state index contributed by atoms with van der Waals surface area (Å²) in [5, 5.41) is 5.74. The quantitative estimate of drug-likeness (QED) is 0.642. The Kier molecular flexibility index (Phi) is 6.63. The van der Waals surface area contributed by atoms with Gasteiger partial charge in [-0.15, -0.1) is 0 Å². The second kappa shape index (κ2) is 9.35. The van der Waals surface area contributed by atoms with Crippen molar-refractivity contribution >= 4 is 17.5 Å². The number of benzene rings is 2. The van der Waals surface area contributed by atoms with Crippen molar-refractivity contribution in [2.45, 2.75) is 26.2 Å². The number of halogens is 1. The summed E-state index contributed by atoms with van der Waals surface area (Å²) in [5.74, 6) is 0.723. The second-order valence-corrected chi connectivity index (χ2v) is 7.15. The minimum absolute atomic E-state index is 0.0196. The van der Waals surface area contributed by atoms with Crippen molar-refractivity contribution < 1.29 is 18.7 Å². The summed E-state index contributed by atoms with van der Waals surface area (Å²) in [4.78, 5) is 24.3. The normalized spacial score (nSPS) is 17.6. The average molecular weight is 384 g/mol. The van der Waals surface area contributed by atoms with Gasteiger partial charge in [-0.05, 0) is 67.6 Å². The first-order valence-corrected chi connectivity index (χ1v) is 9.60. The molecule has 2 aromatic carbocycles. The van der Waals surface area contributed by atoms with Gasteiger partial charge in [0.15, 0.2) is 0 Å². The van der Waals surface area contributed by atoms with Crippen molar-refractivity contribution in [2.24, 2.45) is 11.8 Å². The van der Waals surface area contributed by atoms with Gasteiger partial charge in [-0.25, -0.2) is 4.39 Å². The van der Waals surface area contributed by atoms with Crippen LogP contribution in [0.3, 0.4) is 0 Å². The summed E-state index contributed by atoms with van der Waals surface area (Å²) in [5.41, 5.74) is 1.16. The molecule has 0 saturated heterocycles. The van der Waals surface area contributed by atoms with E-state index in [1.165, 1.54) is 12.1 Å². The number of ether oxygens (including phenoxy) is 1. The molecule has 1 fully saturated rings.